The molecule has 25 heavy (non-hydrogen) atoms. The van der Waals surface area contributed by atoms with Gasteiger partial charge in [0.1, 0.15) is 5.82 Å². The van der Waals surface area contributed by atoms with Crippen molar-refractivity contribution < 1.29 is 23.5 Å². The summed E-state index contributed by atoms with van der Waals surface area (Å²) in [6.45, 7) is 0. The Morgan fingerprint density at radius 3 is 2.28 bits per heavy atom. The maximum absolute atomic E-state index is 12.8. The zero-order valence-corrected chi connectivity index (χ0v) is 14.2. The average molecular weight is 345 g/mol. The van der Waals surface area contributed by atoms with Gasteiger partial charge in [-0.15, -0.1) is 0 Å². The van der Waals surface area contributed by atoms with Gasteiger partial charge in [0.05, 0.1) is 14.2 Å². The summed E-state index contributed by atoms with van der Waals surface area (Å²) in [5.41, 5.74) is 1.04. The van der Waals surface area contributed by atoms with Crippen LogP contribution >= 0.6 is 0 Å². The van der Waals surface area contributed by atoms with E-state index < -0.39 is 0 Å². The SMILES string of the molecule is COc1ccc(NC(=O)CCCC(=O)c2ccc(F)cc2)cc1OC. The highest BCUT2D eigenvalue weighted by molar-refractivity contribution is 5.96. The molecule has 2 rings (SSSR count). The van der Waals surface area contributed by atoms with Crippen LogP contribution in [-0.4, -0.2) is 25.9 Å². The largest absolute Gasteiger partial charge is 0.493 e. The van der Waals surface area contributed by atoms with Crippen LogP contribution in [0.2, 0.25) is 0 Å². The molecule has 1 amide bonds. The van der Waals surface area contributed by atoms with E-state index in [1.54, 1.807) is 18.2 Å². The van der Waals surface area contributed by atoms with Crippen LogP contribution in [0.3, 0.4) is 0 Å². The van der Waals surface area contributed by atoms with Crippen molar-refractivity contribution in [2.75, 3.05) is 19.5 Å². The van der Waals surface area contributed by atoms with Crippen LogP contribution in [-0.2, 0) is 4.79 Å². The Hall–Kier alpha value is -2.89. The van der Waals surface area contributed by atoms with Crippen molar-refractivity contribution in [1.82, 2.24) is 0 Å². The predicted octanol–water partition coefficient (Wildman–Crippen LogP) is 3.83. The molecule has 0 bridgehead atoms. The molecule has 2 aromatic carbocycles. The van der Waals surface area contributed by atoms with Gasteiger partial charge in [-0.2, -0.15) is 0 Å². The molecule has 0 heterocycles. The van der Waals surface area contributed by atoms with E-state index in [-0.39, 0.29) is 30.3 Å². The monoisotopic (exact) mass is 345 g/mol. The van der Waals surface area contributed by atoms with Gasteiger partial charge in [0.15, 0.2) is 17.3 Å². The molecule has 0 aliphatic rings. The first-order valence-corrected chi connectivity index (χ1v) is 7.84. The molecule has 0 saturated carbocycles. The van der Waals surface area contributed by atoms with Crippen molar-refractivity contribution in [2.45, 2.75) is 19.3 Å². The number of hydrogen-bond donors (Lipinski definition) is 1. The van der Waals surface area contributed by atoms with Crippen molar-refractivity contribution in [3.63, 3.8) is 0 Å². The molecule has 0 aliphatic heterocycles. The zero-order valence-electron chi connectivity index (χ0n) is 14.2. The summed E-state index contributed by atoms with van der Waals surface area (Å²) in [6.07, 6.45) is 0.849. The standard InChI is InChI=1S/C19H20FNO4/c1-24-17-11-10-15(12-18(17)25-2)21-19(23)5-3-4-16(22)13-6-8-14(20)9-7-13/h6-12H,3-5H2,1-2H3,(H,21,23). The van der Waals surface area contributed by atoms with Crippen molar-refractivity contribution in [3.05, 3.63) is 53.8 Å². The van der Waals surface area contributed by atoms with Gasteiger partial charge in [0.25, 0.3) is 0 Å². The fourth-order valence-electron chi connectivity index (χ4n) is 2.33. The lowest BCUT2D eigenvalue weighted by molar-refractivity contribution is -0.116. The highest BCUT2D eigenvalue weighted by Crippen LogP contribution is 2.29. The van der Waals surface area contributed by atoms with Gasteiger partial charge in [-0.3, -0.25) is 9.59 Å². The lowest BCUT2D eigenvalue weighted by Crippen LogP contribution is -2.12. The molecule has 2 aromatic rings. The van der Waals surface area contributed by atoms with Gasteiger partial charge < -0.3 is 14.8 Å². The lowest BCUT2D eigenvalue weighted by Gasteiger charge is -2.10. The number of hydrogen-bond acceptors (Lipinski definition) is 4. The number of rotatable bonds is 8. The van der Waals surface area contributed by atoms with E-state index in [9.17, 15) is 14.0 Å². The van der Waals surface area contributed by atoms with Crippen molar-refractivity contribution in [3.8, 4) is 11.5 Å². The Morgan fingerprint density at radius 2 is 1.64 bits per heavy atom. The van der Waals surface area contributed by atoms with Gasteiger partial charge in [0.2, 0.25) is 5.91 Å². The summed E-state index contributed by atoms with van der Waals surface area (Å²) in [5, 5.41) is 2.75. The number of methoxy groups -OCH3 is 2. The highest BCUT2D eigenvalue weighted by Gasteiger charge is 2.10. The molecule has 0 saturated heterocycles. The second-order valence-corrected chi connectivity index (χ2v) is 5.40. The van der Waals surface area contributed by atoms with Crippen molar-refractivity contribution >= 4 is 17.4 Å². The Morgan fingerprint density at radius 1 is 0.960 bits per heavy atom. The number of benzene rings is 2. The fraction of sp³-hybridized carbons (Fsp3) is 0.263. The number of amides is 1. The smallest absolute Gasteiger partial charge is 0.224 e. The van der Waals surface area contributed by atoms with Crippen LogP contribution < -0.4 is 14.8 Å². The Balaban J connectivity index is 1.82. The molecule has 5 nitrogen and oxygen atoms in total. The molecule has 132 valence electrons. The summed E-state index contributed by atoms with van der Waals surface area (Å²) in [4.78, 5) is 24.0. The summed E-state index contributed by atoms with van der Waals surface area (Å²) in [6, 6.07) is 10.5. The normalized spacial score (nSPS) is 10.2. The summed E-state index contributed by atoms with van der Waals surface area (Å²) in [5.74, 6) is 0.404. The quantitative estimate of drug-likeness (QED) is 0.739. The third-order valence-electron chi connectivity index (χ3n) is 3.64. The molecule has 0 aromatic heterocycles. The van der Waals surface area contributed by atoms with Gasteiger partial charge in [-0.05, 0) is 42.8 Å². The molecule has 6 heteroatoms. The number of ether oxygens (including phenoxy) is 2. The van der Waals surface area contributed by atoms with E-state index in [1.807, 2.05) is 0 Å². The predicted molar refractivity (Wildman–Crippen MR) is 92.8 cm³/mol. The maximum atomic E-state index is 12.8. The first kappa shape index (κ1) is 18.4. The second-order valence-electron chi connectivity index (χ2n) is 5.40. The molecule has 0 aliphatic carbocycles. The molecule has 1 N–H and O–H groups in total. The number of halogens is 1. The Kier molecular flexibility index (Phi) is 6.51. The molecule has 0 atom stereocenters. The van der Waals surface area contributed by atoms with Gasteiger partial charge >= 0.3 is 0 Å². The van der Waals surface area contributed by atoms with Crippen molar-refractivity contribution in [2.24, 2.45) is 0 Å². The molecular formula is C19H20FNO4. The van der Waals surface area contributed by atoms with Crippen LogP contribution in [0.1, 0.15) is 29.6 Å². The number of nitrogens with one attached hydrogen (secondary N) is 1. The number of ketones is 1. The fourth-order valence-corrected chi connectivity index (χ4v) is 2.33. The van der Waals surface area contributed by atoms with E-state index in [0.29, 0.717) is 29.2 Å². The van der Waals surface area contributed by atoms with E-state index in [0.717, 1.165) is 0 Å². The minimum Gasteiger partial charge on any atom is -0.493 e. The van der Waals surface area contributed by atoms with Gasteiger partial charge in [-0.25, -0.2) is 4.39 Å². The minimum atomic E-state index is -0.383. The second kappa shape index (κ2) is 8.82. The Labute approximate surface area is 145 Å². The van der Waals surface area contributed by atoms with Crippen LogP contribution in [0.15, 0.2) is 42.5 Å². The molecule has 0 unspecified atom stereocenters. The third-order valence-corrected chi connectivity index (χ3v) is 3.64. The van der Waals surface area contributed by atoms with Crippen LogP contribution in [0.25, 0.3) is 0 Å². The van der Waals surface area contributed by atoms with E-state index in [2.05, 4.69) is 5.32 Å². The van der Waals surface area contributed by atoms with Crippen LogP contribution in [0, 0.1) is 5.82 Å². The highest BCUT2D eigenvalue weighted by atomic mass is 19.1. The minimum absolute atomic E-state index is 0.112. The zero-order chi connectivity index (χ0) is 18.2. The van der Waals surface area contributed by atoms with Gasteiger partial charge in [0, 0.05) is 30.2 Å². The summed E-state index contributed by atoms with van der Waals surface area (Å²) >= 11 is 0. The molecule has 0 fully saturated rings. The first-order chi connectivity index (χ1) is 12.0. The maximum Gasteiger partial charge on any atom is 0.224 e. The average Bonchev–Trinajstić information content (AvgIpc) is 2.62. The van der Waals surface area contributed by atoms with Gasteiger partial charge in [-0.1, -0.05) is 0 Å². The van der Waals surface area contributed by atoms with Crippen LogP contribution in [0.4, 0.5) is 10.1 Å². The summed E-state index contributed by atoms with van der Waals surface area (Å²) in [7, 11) is 3.05. The lowest BCUT2D eigenvalue weighted by atomic mass is 10.1. The topological polar surface area (TPSA) is 64.6 Å². The molecular weight excluding hydrogens is 325 g/mol. The van der Waals surface area contributed by atoms with E-state index in [1.165, 1.54) is 38.5 Å². The summed E-state index contributed by atoms with van der Waals surface area (Å²) < 4.78 is 23.2. The van der Waals surface area contributed by atoms with Crippen LogP contribution in [0.5, 0.6) is 11.5 Å². The number of Topliss-reactive ketones (excluding diaryl/α,β-unsaturated/α-hetero) is 1. The molecule has 0 radical (unpaired) electrons. The third kappa shape index (κ3) is 5.31. The first-order valence-electron chi connectivity index (χ1n) is 7.84. The van der Waals surface area contributed by atoms with Crippen molar-refractivity contribution in [1.29, 1.82) is 0 Å². The number of carbonyl (C=O) groups is 2. The Bertz CT molecular complexity index is 744. The van der Waals surface area contributed by atoms with E-state index in [4.69, 9.17) is 9.47 Å². The number of anilines is 1. The molecule has 0 spiro atoms. The number of carbonyl (C=O) groups excluding carboxylic acids is 2. The van der Waals surface area contributed by atoms with E-state index >= 15 is 0 Å².